The smallest absolute Gasteiger partial charge is 0.339 e. The Morgan fingerprint density at radius 3 is 2.39 bits per heavy atom. The molecule has 156 valence electrons. The number of Topliss-reactive ketones (excluding diaryl/α,β-unsaturated/α-hetero) is 1. The third-order valence-corrected chi connectivity index (χ3v) is 6.31. The Bertz CT molecular complexity index is 1300. The van der Waals surface area contributed by atoms with E-state index in [9.17, 15) is 9.59 Å². The number of para-hydroxylation sites is 1. The van der Waals surface area contributed by atoms with Gasteiger partial charge in [-0.05, 0) is 56.2 Å². The lowest BCUT2D eigenvalue weighted by atomic mass is 9.97. The van der Waals surface area contributed by atoms with Crippen LogP contribution >= 0.6 is 22.9 Å². The Hall–Kier alpha value is -3.02. The molecule has 0 unspecified atom stereocenters. The number of aryl methyl sites for hydroxylation is 3. The van der Waals surface area contributed by atoms with E-state index in [1.54, 1.807) is 12.1 Å². The second-order valence-electron chi connectivity index (χ2n) is 7.45. The van der Waals surface area contributed by atoms with Gasteiger partial charge in [-0.25, -0.2) is 9.78 Å². The van der Waals surface area contributed by atoms with E-state index in [4.69, 9.17) is 16.3 Å². The summed E-state index contributed by atoms with van der Waals surface area (Å²) in [6, 6.07) is 16.6. The van der Waals surface area contributed by atoms with E-state index in [1.807, 2.05) is 63.2 Å². The number of pyridine rings is 1. The molecule has 0 aliphatic rings. The van der Waals surface area contributed by atoms with E-state index < -0.39 is 5.97 Å². The van der Waals surface area contributed by atoms with Crippen LogP contribution in [0.2, 0.25) is 4.34 Å². The average Bonchev–Trinajstić information content (AvgIpc) is 3.16. The van der Waals surface area contributed by atoms with Crippen LogP contribution in [0.25, 0.3) is 21.5 Å². The molecule has 0 spiro atoms. The molecule has 0 saturated heterocycles. The summed E-state index contributed by atoms with van der Waals surface area (Å²) in [5.41, 5.74) is 5.14. The standard InChI is InChI=1S/C25H20ClNO3S/c1-14-10-15(2)24(16(3)11-14)21(28)13-30-25(29)18-12-20(22-8-9-23(26)31-22)27-19-7-5-4-6-17(18)19/h4-12H,13H2,1-3H3. The highest BCUT2D eigenvalue weighted by Crippen LogP contribution is 2.32. The van der Waals surface area contributed by atoms with Gasteiger partial charge in [0.05, 0.1) is 26.0 Å². The fraction of sp³-hybridized carbons (Fsp3) is 0.160. The molecule has 0 fully saturated rings. The van der Waals surface area contributed by atoms with Gasteiger partial charge in [-0.1, -0.05) is 47.5 Å². The van der Waals surface area contributed by atoms with E-state index in [2.05, 4.69) is 4.98 Å². The number of rotatable bonds is 5. The molecular formula is C25H20ClNO3S. The van der Waals surface area contributed by atoms with Gasteiger partial charge in [0.15, 0.2) is 6.61 Å². The molecule has 0 saturated carbocycles. The molecule has 0 radical (unpaired) electrons. The van der Waals surface area contributed by atoms with Gasteiger partial charge in [0, 0.05) is 10.9 Å². The highest BCUT2D eigenvalue weighted by atomic mass is 35.5. The van der Waals surface area contributed by atoms with Crippen molar-refractivity contribution in [1.82, 2.24) is 4.98 Å². The summed E-state index contributed by atoms with van der Waals surface area (Å²) in [5.74, 6) is -0.773. The lowest BCUT2D eigenvalue weighted by Gasteiger charge is -2.12. The monoisotopic (exact) mass is 449 g/mol. The van der Waals surface area contributed by atoms with Gasteiger partial charge < -0.3 is 4.74 Å². The molecule has 0 amide bonds. The minimum atomic E-state index is -0.557. The summed E-state index contributed by atoms with van der Waals surface area (Å²) in [6.07, 6.45) is 0. The van der Waals surface area contributed by atoms with Crippen LogP contribution in [0.4, 0.5) is 0 Å². The van der Waals surface area contributed by atoms with Gasteiger partial charge in [-0.15, -0.1) is 11.3 Å². The van der Waals surface area contributed by atoms with Crippen molar-refractivity contribution in [2.45, 2.75) is 20.8 Å². The predicted molar refractivity (Wildman–Crippen MR) is 125 cm³/mol. The van der Waals surface area contributed by atoms with Gasteiger partial charge >= 0.3 is 5.97 Å². The molecule has 4 nitrogen and oxygen atoms in total. The number of hydrogen-bond acceptors (Lipinski definition) is 5. The maximum atomic E-state index is 13.0. The molecule has 6 heteroatoms. The van der Waals surface area contributed by atoms with Crippen molar-refractivity contribution in [3.8, 4) is 10.6 Å². The average molecular weight is 450 g/mol. The lowest BCUT2D eigenvalue weighted by Crippen LogP contribution is -2.17. The molecule has 2 aromatic heterocycles. The van der Waals surface area contributed by atoms with Gasteiger partial charge in [0.2, 0.25) is 5.78 Å². The Kier molecular flexibility index (Phi) is 5.90. The van der Waals surface area contributed by atoms with E-state index in [0.717, 1.165) is 21.6 Å². The highest BCUT2D eigenvalue weighted by molar-refractivity contribution is 7.19. The van der Waals surface area contributed by atoms with Crippen LogP contribution in [0.3, 0.4) is 0 Å². The summed E-state index contributed by atoms with van der Waals surface area (Å²) in [7, 11) is 0. The quantitative estimate of drug-likeness (QED) is 0.255. The largest absolute Gasteiger partial charge is 0.454 e. The van der Waals surface area contributed by atoms with Gasteiger partial charge in [0.1, 0.15) is 0 Å². The number of fused-ring (bicyclic) bond motifs is 1. The molecule has 2 aromatic carbocycles. The van der Waals surface area contributed by atoms with Crippen LogP contribution in [-0.4, -0.2) is 23.3 Å². The minimum Gasteiger partial charge on any atom is -0.454 e. The number of thiophene rings is 1. The summed E-state index contributed by atoms with van der Waals surface area (Å²) in [5, 5.41) is 0.675. The third kappa shape index (κ3) is 4.38. The Labute approximate surface area is 189 Å². The molecule has 0 aliphatic heterocycles. The van der Waals surface area contributed by atoms with Gasteiger partial charge in [-0.3, -0.25) is 4.79 Å². The summed E-state index contributed by atoms with van der Waals surface area (Å²) < 4.78 is 6.09. The van der Waals surface area contributed by atoms with Gasteiger partial charge in [0.25, 0.3) is 0 Å². The highest BCUT2D eigenvalue weighted by Gasteiger charge is 2.19. The molecular weight excluding hydrogens is 430 g/mol. The number of benzene rings is 2. The first-order valence-electron chi connectivity index (χ1n) is 9.77. The van der Waals surface area contributed by atoms with Gasteiger partial charge in [-0.2, -0.15) is 0 Å². The van der Waals surface area contributed by atoms with Crippen molar-refractivity contribution in [2.75, 3.05) is 6.61 Å². The number of aromatic nitrogens is 1. The van der Waals surface area contributed by atoms with E-state index >= 15 is 0 Å². The van der Waals surface area contributed by atoms with Crippen molar-refractivity contribution in [3.63, 3.8) is 0 Å². The van der Waals surface area contributed by atoms with E-state index in [-0.39, 0.29) is 12.4 Å². The molecule has 4 rings (SSSR count). The van der Waals surface area contributed by atoms with E-state index in [0.29, 0.717) is 32.1 Å². The number of ketones is 1. The zero-order valence-corrected chi connectivity index (χ0v) is 18.9. The van der Waals surface area contributed by atoms with E-state index in [1.165, 1.54) is 11.3 Å². The van der Waals surface area contributed by atoms with Crippen molar-refractivity contribution in [1.29, 1.82) is 0 Å². The maximum Gasteiger partial charge on any atom is 0.339 e. The predicted octanol–water partition coefficient (Wildman–Crippen LogP) is 6.58. The number of ether oxygens (including phenoxy) is 1. The van der Waals surface area contributed by atoms with Crippen molar-refractivity contribution < 1.29 is 14.3 Å². The van der Waals surface area contributed by atoms with Crippen molar-refractivity contribution in [2.24, 2.45) is 0 Å². The maximum absolute atomic E-state index is 13.0. The van der Waals surface area contributed by atoms with Crippen LogP contribution in [0.1, 0.15) is 37.4 Å². The fourth-order valence-electron chi connectivity index (χ4n) is 3.82. The SMILES string of the molecule is Cc1cc(C)c(C(=O)COC(=O)c2cc(-c3ccc(Cl)s3)nc3ccccc23)c(C)c1. The molecule has 31 heavy (non-hydrogen) atoms. The molecule has 0 atom stereocenters. The van der Waals surface area contributed by atoms with Crippen molar-refractivity contribution >= 4 is 45.6 Å². The summed E-state index contributed by atoms with van der Waals surface area (Å²) in [4.78, 5) is 31.3. The topological polar surface area (TPSA) is 56.3 Å². The molecule has 0 bridgehead atoms. The zero-order valence-electron chi connectivity index (χ0n) is 17.4. The first kappa shape index (κ1) is 21.2. The van der Waals surface area contributed by atoms with Crippen molar-refractivity contribution in [3.05, 3.63) is 86.8 Å². The number of hydrogen-bond donors (Lipinski definition) is 0. The molecule has 0 N–H and O–H groups in total. The lowest BCUT2D eigenvalue weighted by molar-refractivity contribution is 0.0476. The number of halogens is 1. The van der Waals surface area contributed by atoms with Crippen LogP contribution < -0.4 is 0 Å². The number of carbonyl (C=O) groups is 2. The molecule has 2 heterocycles. The first-order chi connectivity index (χ1) is 14.8. The van der Waals surface area contributed by atoms with Crippen LogP contribution in [0, 0.1) is 20.8 Å². The molecule has 4 aromatic rings. The number of esters is 1. The second kappa shape index (κ2) is 8.61. The number of nitrogens with zero attached hydrogens (tertiary/aromatic N) is 1. The fourth-order valence-corrected chi connectivity index (χ4v) is 4.83. The first-order valence-corrected chi connectivity index (χ1v) is 11.0. The Morgan fingerprint density at radius 2 is 1.71 bits per heavy atom. The van der Waals surface area contributed by atoms with Crippen LogP contribution in [0.15, 0.2) is 54.6 Å². The normalized spacial score (nSPS) is 11.0. The Morgan fingerprint density at radius 1 is 1.00 bits per heavy atom. The zero-order chi connectivity index (χ0) is 22.1. The summed E-state index contributed by atoms with van der Waals surface area (Å²) in [6.45, 7) is 5.45. The number of carbonyl (C=O) groups excluding carboxylic acids is 2. The summed E-state index contributed by atoms with van der Waals surface area (Å²) >= 11 is 7.46. The minimum absolute atomic E-state index is 0.216. The Balaban J connectivity index is 1.64. The third-order valence-electron chi connectivity index (χ3n) is 5.05. The second-order valence-corrected chi connectivity index (χ2v) is 9.16. The van der Waals surface area contributed by atoms with Crippen LogP contribution in [-0.2, 0) is 4.74 Å². The van der Waals surface area contributed by atoms with Crippen LogP contribution in [0.5, 0.6) is 0 Å². The molecule has 0 aliphatic carbocycles.